The van der Waals surface area contributed by atoms with Crippen molar-refractivity contribution in [3.63, 3.8) is 0 Å². The number of hydrogen-bond donors (Lipinski definition) is 0. The number of likely N-dealkylation sites (tertiary alicyclic amines) is 1. The fourth-order valence-corrected chi connectivity index (χ4v) is 5.32. The molecule has 6 rings (SSSR count). The molecule has 3 fully saturated rings. The van der Waals surface area contributed by atoms with Gasteiger partial charge in [-0.05, 0) is 42.2 Å². The van der Waals surface area contributed by atoms with Crippen LogP contribution in [0.15, 0.2) is 42.5 Å². The van der Waals surface area contributed by atoms with Gasteiger partial charge in [-0.25, -0.2) is 0 Å². The first kappa shape index (κ1) is 17.5. The van der Waals surface area contributed by atoms with Crippen LogP contribution in [0.5, 0.6) is 0 Å². The van der Waals surface area contributed by atoms with Gasteiger partial charge in [0, 0.05) is 5.69 Å². The molecule has 0 N–H and O–H groups in total. The molecule has 6 atom stereocenters. The van der Waals surface area contributed by atoms with E-state index in [2.05, 4.69) is 0 Å². The number of allylic oxidation sites excluding steroid dienone is 2. The van der Waals surface area contributed by atoms with Gasteiger partial charge in [0.05, 0.1) is 11.8 Å². The van der Waals surface area contributed by atoms with E-state index in [-0.39, 0.29) is 17.5 Å². The van der Waals surface area contributed by atoms with E-state index in [1.165, 1.54) is 24.3 Å². The lowest BCUT2D eigenvalue weighted by Gasteiger charge is -2.37. The Morgan fingerprint density at radius 3 is 2.04 bits per heavy atom. The molecule has 5 nitrogen and oxygen atoms in total. The SMILES string of the molecule is O=C1[C@@H]2[C@H]3C=C[C@H]([C@H]4C[C@H]34)[C@@H]2C(=O)N1CN(C(=O)C(F)(F)F)c1ccccc1. The number of hydrogen-bond acceptors (Lipinski definition) is 3. The van der Waals surface area contributed by atoms with E-state index < -0.39 is 42.4 Å². The summed E-state index contributed by atoms with van der Waals surface area (Å²) in [6.45, 7) is -0.720. The standard InChI is InChI=1S/C20H17F3N2O3/c21-20(22,23)19(28)24(10-4-2-1-3-5-10)9-25-17(26)15-11-6-7-12(14-8-13(11)14)16(15)18(25)27/h1-7,11-16H,8-9H2/t11-,12+,13-,14-,15+,16-/m1/s1. The third-order valence-electron chi connectivity index (χ3n) is 6.59. The highest BCUT2D eigenvalue weighted by Gasteiger charge is 2.67. The molecule has 4 aliphatic carbocycles. The first-order chi connectivity index (χ1) is 13.3. The molecule has 0 unspecified atom stereocenters. The molecule has 5 aliphatic rings. The normalized spacial score (nSPS) is 35.0. The van der Waals surface area contributed by atoms with Gasteiger partial charge >= 0.3 is 12.1 Å². The number of amides is 3. The molecule has 8 heteroatoms. The summed E-state index contributed by atoms with van der Waals surface area (Å²) in [7, 11) is 0. The minimum absolute atomic E-state index is 0.00996. The summed E-state index contributed by atoms with van der Waals surface area (Å²) in [4.78, 5) is 39.3. The molecule has 1 heterocycles. The molecule has 2 bridgehead atoms. The van der Waals surface area contributed by atoms with Crippen LogP contribution in [0.3, 0.4) is 0 Å². The molecule has 28 heavy (non-hydrogen) atoms. The Morgan fingerprint density at radius 2 is 1.54 bits per heavy atom. The summed E-state index contributed by atoms with van der Waals surface area (Å²) in [5.74, 6) is -3.29. The lowest BCUT2D eigenvalue weighted by molar-refractivity contribution is -0.171. The van der Waals surface area contributed by atoms with E-state index in [4.69, 9.17) is 0 Å². The van der Waals surface area contributed by atoms with Crippen LogP contribution >= 0.6 is 0 Å². The first-order valence-corrected chi connectivity index (χ1v) is 9.26. The maximum absolute atomic E-state index is 13.2. The van der Waals surface area contributed by atoms with E-state index in [1.807, 2.05) is 12.2 Å². The molecule has 3 amide bonds. The van der Waals surface area contributed by atoms with Crippen LogP contribution in [0.2, 0.25) is 0 Å². The van der Waals surface area contributed by atoms with E-state index in [1.54, 1.807) is 6.07 Å². The van der Waals surface area contributed by atoms with Crippen molar-refractivity contribution < 1.29 is 27.6 Å². The Bertz CT molecular complexity index is 862. The fourth-order valence-electron chi connectivity index (χ4n) is 5.32. The van der Waals surface area contributed by atoms with Gasteiger partial charge in [0.2, 0.25) is 11.8 Å². The van der Waals surface area contributed by atoms with Gasteiger partial charge in [0.15, 0.2) is 0 Å². The van der Waals surface area contributed by atoms with Crippen LogP contribution in [-0.4, -0.2) is 35.5 Å². The van der Waals surface area contributed by atoms with Gasteiger partial charge in [-0.2, -0.15) is 13.2 Å². The number of para-hydroxylation sites is 1. The molecular formula is C20H17F3N2O3. The summed E-state index contributed by atoms with van der Waals surface area (Å²) in [5, 5.41) is 0. The number of carbonyl (C=O) groups excluding carboxylic acids is 3. The number of halogens is 3. The lowest BCUT2D eigenvalue weighted by Crippen LogP contribution is -2.49. The number of alkyl halides is 3. The Kier molecular flexibility index (Phi) is 3.54. The minimum atomic E-state index is -5.11. The van der Waals surface area contributed by atoms with Crippen molar-refractivity contribution in [2.45, 2.75) is 12.6 Å². The van der Waals surface area contributed by atoms with Crippen LogP contribution in [0.1, 0.15) is 6.42 Å². The number of anilines is 1. The van der Waals surface area contributed by atoms with Crippen molar-refractivity contribution in [2.75, 3.05) is 11.6 Å². The van der Waals surface area contributed by atoms with Gasteiger partial charge in [-0.15, -0.1) is 0 Å². The predicted octanol–water partition coefficient (Wildman–Crippen LogP) is 2.59. The van der Waals surface area contributed by atoms with Crippen molar-refractivity contribution in [2.24, 2.45) is 35.5 Å². The van der Waals surface area contributed by atoms with E-state index in [0.717, 1.165) is 11.3 Å². The van der Waals surface area contributed by atoms with E-state index in [9.17, 15) is 27.6 Å². The van der Waals surface area contributed by atoms with Crippen molar-refractivity contribution >= 4 is 23.4 Å². The Hall–Kier alpha value is -2.64. The molecule has 0 aromatic heterocycles. The third kappa shape index (κ3) is 2.36. The topological polar surface area (TPSA) is 57.7 Å². The first-order valence-electron chi connectivity index (χ1n) is 9.26. The van der Waals surface area contributed by atoms with Gasteiger partial charge in [-0.1, -0.05) is 30.4 Å². The highest BCUT2D eigenvalue weighted by molar-refractivity contribution is 6.07. The number of benzene rings is 1. The van der Waals surface area contributed by atoms with Crippen molar-refractivity contribution in [1.29, 1.82) is 0 Å². The molecule has 1 saturated heterocycles. The second-order valence-electron chi connectivity index (χ2n) is 7.97. The summed E-state index contributed by atoms with van der Waals surface area (Å²) in [5.41, 5.74) is -0.00996. The van der Waals surface area contributed by atoms with Crippen molar-refractivity contribution in [3.05, 3.63) is 42.5 Å². The molecule has 1 aromatic carbocycles. The quantitative estimate of drug-likeness (QED) is 0.589. The zero-order chi connectivity index (χ0) is 19.8. The molecule has 1 aliphatic heterocycles. The largest absolute Gasteiger partial charge is 0.471 e. The molecule has 2 saturated carbocycles. The number of carbonyl (C=O) groups is 3. The van der Waals surface area contributed by atoms with Crippen LogP contribution in [0.4, 0.5) is 18.9 Å². The minimum Gasteiger partial charge on any atom is -0.286 e. The Morgan fingerprint density at radius 1 is 1.00 bits per heavy atom. The molecule has 0 spiro atoms. The number of nitrogens with zero attached hydrogens (tertiary/aromatic N) is 2. The van der Waals surface area contributed by atoms with Crippen LogP contribution in [0.25, 0.3) is 0 Å². The third-order valence-corrected chi connectivity index (χ3v) is 6.59. The summed E-state index contributed by atoms with van der Waals surface area (Å²) in [6.07, 6.45) is -0.135. The van der Waals surface area contributed by atoms with Gasteiger partial charge in [0.1, 0.15) is 6.67 Å². The molecular weight excluding hydrogens is 373 g/mol. The van der Waals surface area contributed by atoms with Gasteiger partial charge in [0.25, 0.3) is 0 Å². The van der Waals surface area contributed by atoms with Crippen LogP contribution < -0.4 is 4.90 Å². The van der Waals surface area contributed by atoms with Gasteiger partial charge in [-0.3, -0.25) is 24.2 Å². The van der Waals surface area contributed by atoms with E-state index in [0.29, 0.717) is 16.7 Å². The predicted molar refractivity (Wildman–Crippen MR) is 91.4 cm³/mol. The molecule has 146 valence electrons. The zero-order valence-corrected chi connectivity index (χ0v) is 14.7. The maximum atomic E-state index is 13.2. The average molecular weight is 390 g/mol. The number of rotatable bonds is 3. The van der Waals surface area contributed by atoms with Crippen LogP contribution in [0, 0.1) is 35.5 Å². The number of imide groups is 1. The summed E-state index contributed by atoms with van der Waals surface area (Å²) in [6, 6.07) is 7.30. The Balaban J connectivity index is 1.46. The second-order valence-corrected chi connectivity index (χ2v) is 7.97. The molecule has 0 radical (unpaired) electrons. The fraction of sp³-hybridized carbons (Fsp3) is 0.450. The van der Waals surface area contributed by atoms with Crippen molar-refractivity contribution in [3.8, 4) is 0 Å². The highest BCUT2D eigenvalue weighted by Crippen LogP contribution is 2.65. The second kappa shape index (κ2) is 5.68. The molecule has 1 aromatic rings. The van der Waals surface area contributed by atoms with Gasteiger partial charge < -0.3 is 0 Å². The highest BCUT2D eigenvalue weighted by atomic mass is 19.4. The summed E-state index contributed by atoms with van der Waals surface area (Å²) >= 11 is 0. The maximum Gasteiger partial charge on any atom is 0.471 e. The lowest BCUT2D eigenvalue weighted by atomic mass is 9.63. The van der Waals surface area contributed by atoms with Crippen molar-refractivity contribution in [1.82, 2.24) is 4.90 Å². The zero-order valence-electron chi connectivity index (χ0n) is 14.7. The Labute approximate surface area is 158 Å². The van der Waals surface area contributed by atoms with Crippen LogP contribution in [-0.2, 0) is 14.4 Å². The van der Waals surface area contributed by atoms with E-state index >= 15 is 0 Å². The summed E-state index contributed by atoms with van der Waals surface area (Å²) < 4.78 is 39.5. The monoisotopic (exact) mass is 390 g/mol. The average Bonchev–Trinajstić information content (AvgIpc) is 3.45. The smallest absolute Gasteiger partial charge is 0.286 e.